The molecule has 0 aliphatic carbocycles. The van der Waals surface area contributed by atoms with Gasteiger partial charge in [0, 0.05) is 12.1 Å². The number of ketones is 1. The molecule has 0 spiro atoms. The molecule has 1 amide bonds. The molecule has 6 heteroatoms. The van der Waals surface area contributed by atoms with Crippen LogP contribution >= 0.6 is 0 Å². The fraction of sp³-hybridized carbons (Fsp3) is 0.176. The van der Waals surface area contributed by atoms with E-state index in [1.54, 1.807) is 29.2 Å². The molecule has 4 aromatic rings. The topological polar surface area (TPSA) is 76.1 Å². The number of carbonyl (C=O) groups excluding carboxylic acids is 2. The van der Waals surface area contributed by atoms with Gasteiger partial charge in [-0.15, -0.1) is 0 Å². The lowest BCUT2D eigenvalue weighted by Crippen LogP contribution is -2.31. The van der Waals surface area contributed by atoms with Gasteiger partial charge in [-0.05, 0) is 54.3 Å². The van der Waals surface area contributed by atoms with Crippen molar-refractivity contribution in [2.75, 3.05) is 13.2 Å². The van der Waals surface area contributed by atoms with Gasteiger partial charge in [-0.1, -0.05) is 84.9 Å². The molecule has 1 heterocycles. The van der Waals surface area contributed by atoms with E-state index in [2.05, 4.69) is 0 Å². The largest absolute Gasteiger partial charge is 0.507 e. The van der Waals surface area contributed by atoms with Crippen molar-refractivity contribution in [3.63, 3.8) is 0 Å². The molecule has 1 atom stereocenters. The molecule has 1 aliphatic rings. The number of aliphatic hydroxyl groups is 1. The second kappa shape index (κ2) is 12.3. The Kier molecular flexibility index (Phi) is 8.26. The van der Waals surface area contributed by atoms with E-state index in [0.29, 0.717) is 48.8 Å². The number of likely N-dealkylation sites (tertiary alicyclic amines) is 1. The number of hydrogen-bond acceptors (Lipinski definition) is 5. The van der Waals surface area contributed by atoms with Crippen LogP contribution in [0.3, 0.4) is 0 Å². The first-order valence-electron chi connectivity index (χ1n) is 13.4. The van der Waals surface area contributed by atoms with Crippen LogP contribution in [0.1, 0.15) is 35.2 Å². The number of amides is 1. The summed E-state index contributed by atoms with van der Waals surface area (Å²) in [4.78, 5) is 28.3. The Morgan fingerprint density at radius 3 is 2.12 bits per heavy atom. The average molecular weight is 534 g/mol. The van der Waals surface area contributed by atoms with Crippen LogP contribution in [-0.2, 0) is 22.6 Å². The first kappa shape index (κ1) is 26.8. The van der Waals surface area contributed by atoms with Crippen LogP contribution in [0.2, 0.25) is 0 Å². The number of nitrogens with zero attached hydrogens (tertiary/aromatic N) is 1. The molecule has 0 saturated carbocycles. The first-order valence-corrected chi connectivity index (χ1v) is 13.4. The Balaban J connectivity index is 1.49. The van der Waals surface area contributed by atoms with E-state index in [1.807, 2.05) is 91.9 Å². The molecular formula is C34H31NO5. The van der Waals surface area contributed by atoms with Crippen molar-refractivity contribution in [3.05, 3.63) is 137 Å². The zero-order chi connectivity index (χ0) is 27.9. The van der Waals surface area contributed by atoms with E-state index in [4.69, 9.17) is 9.47 Å². The monoisotopic (exact) mass is 533 g/mol. The summed E-state index contributed by atoms with van der Waals surface area (Å²) >= 11 is 0. The highest BCUT2D eigenvalue weighted by Crippen LogP contribution is 2.40. The molecule has 40 heavy (non-hydrogen) atoms. The highest BCUT2D eigenvalue weighted by molar-refractivity contribution is 6.46. The smallest absolute Gasteiger partial charge is 0.295 e. The molecule has 0 bridgehead atoms. The summed E-state index contributed by atoms with van der Waals surface area (Å²) in [5, 5.41) is 11.4. The number of hydrogen-bond donors (Lipinski definition) is 1. The SMILES string of the molecule is CCOc1cccc(/C(O)=C2\C(=O)C(=O)N(CCc3ccccc3)C2c2ccc(OCc3ccccc3)cc2)c1. The lowest BCUT2D eigenvalue weighted by molar-refractivity contribution is -0.139. The Bertz CT molecular complexity index is 1500. The summed E-state index contributed by atoms with van der Waals surface area (Å²) in [5.41, 5.74) is 3.29. The standard InChI is InChI=1S/C34H31NO5/c1-2-39-29-15-9-14-27(22-29)32(36)30-31(35(34(38)33(30)37)21-20-24-10-5-3-6-11-24)26-16-18-28(19-17-26)40-23-25-12-7-4-8-13-25/h3-19,22,31,36H,2,20-21,23H2,1H3/b32-30+. The van der Waals surface area contributed by atoms with Crippen LogP contribution in [-0.4, -0.2) is 34.8 Å². The second-order valence-corrected chi connectivity index (χ2v) is 9.53. The van der Waals surface area contributed by atoms with Crippen LogP contribution in [0.15, 0.2) is 115 Å². The fourth-order valence-corrected chi connectivity index (χ4v) is 4.89. The van der Waals surface area contributed by atoms with Gasteiger partial charge >= 0.3 is 0 Å². The van der Waals surface area contributed by atoms with E-state index in [1.165, 1.54) is 0 Å². The fourth-order valence-electron chi connectivity index (χ4n) is 4.89. The molecule has 0 radical (unpaired) electrons. The Morgan fingerprint density at radius 2 is 1.45 bits per heavy atom. The van der Waals surface area contributed by atoms with Crippen molar-refractivity contribution in [1.82, 2.24) is 4.90 Å². The predicted octanol–water partition coefficient (Wildman–Crippen LogP) is 6.33. The van der Waals surface area contributed by atoms with E-state index < -0.39 is 17.7 Å². The Hall–Kier alpha value is -4.84. The number of aliphatic hydroxyl groups excluding tert-OH is 1. The van der Waals surface area contributed by atoms with E-state index in [-0.39, 0.29) is 11.3 Å². The van der Waals surface area contributed by atoms with Gasteiger partial charge in [-0.25, -0.2) is 0 Å². The summed E-state index contributed by atoms with van der Waals surface area (Å²) < 4.78 is 11.5. The number of ether oxygens (including phenoxy) is 2. The van der Waals surface area contributed by atoms with Gasteiger partial charge in [0.05, 0.1) is 18.2 Å². The molecule has 5 rings (SSSR count). The number of benzene rings is 4. The van der Waals surface area contributed by atoms with Gasteiger partial charge in [-0.2, -0.15) is 0 Å². The molecule has 1 unspecified atom stereocenters. The minimum atomic E-state index is -0.748. The van der Waals surface area contributed by atoms with Crippen molar-refractivity contribution >= 4 is 17.4 Å². The second-order valence-electron chi connectivity index (χ2n) is 9.53. The van der Waals surface area contributed by atoms with Crippen LogP contribution in [0, 0.1) is 0 Å². The zero-order valence-electron chi connectivity index (χ0n) is 22.3. The third kappa shape index (κ3) is 5.91. The molecule has 6 nitrogen and oxygen atoms in total. The molecule has 1 N–H and O–H groups in total. The van der Waals surface area contributed by atoms with E-state index in [0.717, 1.165) is 11.1 Å². The summed E-state index contributed by atoms with van der Waals surface area (Å²) in [6.45, 7) is 3.08. The van der Waals surface area contributed by atoms with Gasteiger partial charge in [0.25, 0.3) is 11.7 Å². The summed E-state index contributed by atoms with van der Waals surface area (Å²) in [6, 6.07) is 33.2. The highest BCUT2D eigenvalue weighted by Gasteiger charge is 2.45. The van der Waals surface area contributed by atoms with Gasteiger partial charge in [0.15, 0.2) is 0 Å². The molecule has 1 saturated heterocycles. The van der Waals surface area contributed by atoms with Crippen LogP contribution in [0.4, 0.5) is 0 Å². The molecule has 0 aromatic heterocycles. The molecule has 1 fully saturated rings. The van der Waals surface area contributed by atoms with Gasteiger partial charge in [0.1, 0.15) is 23.9 Å². The van der Waals surface area contributed by atoms with Gasteiger partial charge in [0.2, 0.25) is 0 Å². The van der Waals surface area contributed by atoms with Crippen molar-refractivity contribution in [1.29, 1.82) is 0 Å². The predicted molar refractivity (Wildman–Crippen MR) is 154 cm³/mol. The van der Waals surface area contributed by atoms with Gasteiger partial charge in [-0.3, -0.25) is 9.59 Å². The summed E-state index contributed by atoms with van der Waals surface area (Å²) in [5.74, 6) is -0.328. The number of rotatable bonds is 10. The van der Waals surface area contributed by atoms with E-state index in [9.17, 15) is 14.7 Å². The molecule has 202 valence electrons. The molecular weight excluding hydrogens is 502 g/mol. The highest BCUT2D eigenvalue weighted by atomic mass is 16.5. The van der Waals surface area contributed by atoms with Crippen LogP contribution in [0.5, 0.6) is 11.5 Å². The first-order chi connectivity index (χ1) is 19.5. The minimum Gasteiger partial charge on any atom is -0.507 e. The average Bonchev–Trinajstić information content (AvgIpc) is 3.25. The third-order valence-corrected chi connectivity index (χ3v) is 6.89. The normalized spacial score (nSPS) is 16.2. The Labute approximate surface area is 234 Å². The maximum atomic E-state index is 13.4. The molecule has 1 aliphatic heterocycles. The third-order valence-electron chi connectivity index (χ3n) is 6.89. The summed E-state index contributed by atoms with van der Waals surface area (Å²) in [6.07, 6.45) is 0.572. The quantitative estimate of drug-likeness (QED) is 0.147. The number of carbonyl (C=O) groups is 2. The number of Topliss-reactive ketones (excluding diaryl/α,β-unsaturated/α-hetero) is 1. The Morgan fingerprint density at radius 1 is 0.775 bits per heavy atom. The van der Waals surface area contributed by atoms with Crippen molar-refractivity contribution in [2.24, 2.45) is 0 Å². The lowest BCUT2D eigenvalue weighted by Gasteiger charge is -2.25. The lowest BCUT2D eigenvalue weighted by atomic mass is 9.95. The van der Waals surface area contributed by atoms with Crippen molar-refractivity contribution in [2.45, 2.75) is 26.0 Å². The van der Waals surface area contributed by atoms with Crippen LogP contribution < -0.4 is 9.47 Å². The van der Waals surface area contributed by atoms with Crippen molar-refractivity contribution < 1.29 is 24.2 Å². The maximum absolute atomic E-state index is 13.4. The summed E-state index contributed by atoms with van der Waals surface area (Å²) in [7, 11) is 0. The van der Waals surface area contributed by atoms with Gasteiger partial charge < -0.3 is 19.5 Å². The van der Waals surface area contributed by atoms with Crippen molar-refractivity contribution in [3.8, 4) is 11.5 Å². The van der Waals surface area contributed by atoms with Crippen LogP contribution in [0.25, 0.3) is 5.76 Å². The van der Waals surface area contributed by atoms with E-state index >= 15 is 0 Å². The zero-order valence-corrected chi connectivity index (χ0v) is 22.3. The maximum Gasteiger partial charge on any atom is 0.295 e. The molecule has 4 aromatic carbocycles. The minimum absolute atomic E-state index is 0.0599.